The van der Waals surface area contributed by atoms with E-state index in [0.717, 1.165) is 64.9 Å². The molecule has 0 bridgehead atoms. The molecule has 1 aliphatic rings. The number of aromatic nitrogens is 1. The quantitative estimate of drug-likeness (QED) is 0.176. The summed E-state index contributed by atoms with van der Waals surface area (Å²) in [7, 11) is 0. The van der Waals surface area contributed by atoms with Gasteiger partial charge in [-0.15, -0.1) is 0 Å². The number of carboxylic acid groups (broad SMARTS) is 1. The number of hydrogen-bond acceptors (Lipinski definition) is 4. The Morgan fingerprint density at radius 1 is 0.907 bits per heavy atom. The van der Waals surface area contributed by atoms with Crippen molar-refractivity contribution >= 4 is 5.97 Å². The first-order valence-electron chi connectivity index (χ1n) is 14.3. The predicted octanol–water partition coefficient (Wildman–Crippen LogP) is 7.51. The lowest BCUT2D eigenvalue weighted by Gasteiger charge is -2.26. The number of carbonyl (C=O) groups is 1. The highest BCUT2D eigenvalue weighted by Gasteiger charge is 2.30. The zero-order chi connectivity index (χ0) is 30.4. The molecule has 1 aromatic heterocycles. The standard InChI is InChI=1S/C34H32F4N2O3/c35-27-14-17-32(25(20-27)18-19-39-29-2-1-3-30-28(29)15-16-31(40-30)33(41)42)43-21-24-8-6-22(7-9-24)4-5-23-10-12-26(13-11-23)34(36,37)38/h6-17,20,29,39H,1-5,18-19,21H2,(H,41,42). The highest BCUT2D eigenvalue weighted by Crippen LogP contribution is 2.30. The number of halogens is 4. The van der Waals surface area contributed by atoms with E-state index in [9.17, 15) is 27.5 Å². The number of pyridine rings is 1. The van der Waals surface area contributed by atoms with Crippen molar-refractivity contribution in [3.05, 3.63) is 129 Å². The Hall–Kier alpha value is -4.24. The summed E-state index contributed by atoms with van der Waals surface area (Å²) in [5.41, 5.74) is 4.82. The molecule has 43 heavy (non-hydrogen) atoms. The Bertz CT molecular complexity index is 1550. The number of carboxylic acids is 1. The van der Waals surface area contributed by atoms with Crippen molar-refractivity contribution in [3.8, 4) is 5.75 Å². The lowest BCUT2D eigenvalue weighted by atomic mass is 9.91. The highest BCUT2D eigenvalue weighted by atomic mass is 19.4. The molecular weight excluding hydrogens is 560 g/mol. The summed E-state index contributed by atoms with van der Waals surface area (Å²) in [4.78, 5) is 15.6. The van der Waals surface area contributed by atoms with Crippen LogP contribution in [0.15, 0.2) is 78.9 Å². The predicted molar refractivity (Wildman–Crippen MR) is 155 cm³/mol. The van der Waals surface area contributed by atoms with E-state index < -0.39 is 17.7 Å². The fourth-order valence-electron chi connectivity index (χ4n) is 5.37. The summed E-state index contributed by atoms with van der Waals surface area (Å²) < 4.78 is 58.5. The van der Waals surface area contributed by atoms with Crippen molar-refractivity contribution in [1.82, 2.24) is 10.3 Å². The molecule has 224 valence electrons. The molecule has 0 amide bonds. The lowest BCUT2D eigenvalue weighted by Crippen LogP contribution is -2.28. The van der Waals surface area contributed by atoms with Gasteiger partial charge < -0.3 is 15.2 Å². The summed E-state index contributed by atoms with van der Waals surface area (Å²) in [5, 5.41) is 12.8. The maximum Gasteiger partial charge on any atom is 0.416 e. The second kappa shape index (κ2) is 13.4. The number of ether oxygens (including phenoxy) is 1. The van der Waals surface area contributed by atoms with Crippen LogP contribution in [0, 0.1) is 5.82 Å². The Balaban J connectivity index is 1.13. The van der Waals surface area contributed by atoms with Gasteiger partial charge in [0.25, 0.3) is 0 Å². The first-order chi connectivity index (χ1) is 20.7. The largest absolute Gasteiger partial charge is 0.489 e. The zero-order valence-corrected chi connectivity index (χ0v) is 23.5. The van der Waals surface area contributed by atoms with Crippen LogP contribution in [-0.2, 0) is 38.5 Å². The molecule has 0 saturated heterocycles. The van der Waals surface area contributed by atoms with Crippen LogP contribution in [0.3, 0.4) is 0 Å². The number of hydrogen-bond donors (Lipinski definition) is 2. The van der Waals surface area contributed by atoms with Gasteiger partial charge in [0.1, 0.15) is 23.9 Å². The number of aromatic carboxylic acids is 1. The lowest BCUT2D eigenvalue weighted by molar-refractivity contribution is -0.137. The third kappa shape index (κ3) is 7.99. The molecule has 0 fully saturated rings. The Morgan fingerprint density at radius 2 is 1.58 bits per heavy atom. The van der Waals surface area contributed by atoms with Crippen LogP contribution >= 0.6 is 0 Å². The maximum atomic E-state index is 14.1. The Labute approximate surface area is 247 Å². The van der Waals surface area contributed by atoms with E-state index in [0.29, 0.717) is 38.2 Å². The fourth-order valence-corrected chi connectivity index (χ4v) is 5.37. The van der Waals surface area contributed by atoms with Gasteiger partial charge in [0.05, 0.1) is 5.56 Å². The number of fused-ring (bicyclic) bond motifs is 1. The number of alkyl halides is 3. The third-order valence-electron chi connectivity index (χ3n) is 7.72. The van der Waals surface area contributed by atoms with Crippen molar-refractivity contribution in [2.45, 2.75) is 57.3 Å². The Kier molecular flexibility index (Phi) is 9.40. The summed E-state index contributed by atoms with van der Waals surface area (Å²) >= 11 is 0. The molecule has 9 heteroatoms. The van der Waals surface area contributed by atoms with Crippen molar-refractivity contribution in [1.29, 1.82) is 0 Å². The molecule has 4 aromatic rings. The average molecular weight is 593 g/mol. The summed E-state index contributed by atoms with van der Waals surface area (Å²) in [6.45, 7) is 0.886. The van der Waals surface area contributed by atoms with Gasteiger partial charge in [-0.25, -0.2) is 14.2 Å². The van der Waals surface area contributed by atoms with Crippen molar-refractivity contribution in [3.63, 3.8) is 0 Å². The third-order valence-corrected chi connectivity index (χ3v) is 7.72. The number of aryl methyl sites for hydroxylation is 3. The summed E-state index contributed by atoms with van der Waals surface area (Å²) in [5.74, 6) is -0.774. The molecule has 0 saturated carbocycles. The molecule has 0 aliphatic heterocycles. The van der Waals surface area contributed by atoms with Crippen LogP contribution in [0.25, 0.3) is 0 Å². The molecule has 1 atom stereocenters. The van der Waals surface area contributed by atoms with E-state index >= 15 is 0 Å². The van der Waals surface area contributed by atoms with Crippen molar-refractivity contribution in [2.24, 2.45) is 0 Å². The molecule has 0 spiro atoms. The van der Waals surface area contributed by atoms with E-state index in [-0.39, 0.29) is 17.6 Å². The van der Waals surface area contributed by atoms with Crippen LogP contribution in [0.1, 0.15) is 68.4 Å². The number of nitrogens with zero attached hydrogens (tertiary/aromatic N) is 1. The van der Waals surface area contributed by atoms with E-state index in [4.69, 9.17) is 4.74 Å². The van der Waals surface area contributed by atoms with Gasteiger partial charge in [0.2, 0.25) is 0 Å². The van der Waals surface area contributed by atoms with Gasteiger partial charge >= 0.3 is 12.1 Å². The van der Waals surface area contributed by atoms with E-state index in [1.807, 2.05) is 30.3 Å². The normalized spacial score (nSPS) is 14.7. The molecule has 5 nitrogen and oxygen atoms in total. The zero-order valence-electron chi connectivity index (χ0n) is 23.5. The molecule has 1 unspecified atom stereocenters. The molecule has 0 radical (unpaired) electrons. The second-order valence-electron chi connectivity index (χ2n) is 10.7. The van der Waals surface area contributed by atoms with E-state index in [1.165, 1.54) is 30.3 Å². The monoisotopic (exact) mass is 592 g/mol. The van der Waals surface area contributed by atoms with Crippen molar-refractivity contribution in [2.75, 3.05) is 6.54 Å². The number of benzene rings is 3. The second-order valence-corrected chi connectivity index (χ2v) is 10.7. The molecule has 2 N–H and O–H groups in total. The topological polar surface area (TPSA) is 71.5 Å². The first kappa shape index (κ1) is 30.2. The van der Waals surface area contributed by atoms with Crippen LogP contribution in [-0.4, -0.2) is 22.6 Å². The van der Waals surface area contributed by atoms with Gasteiger partial charge in [-0.05, 0) is 109 Å². The van der Waals surface area contributed by atoms with Crippen LogP contribution < -0.4 is 10.1 Å². The molecule has 1 heterocycles. The maximum absolute atomic E-state index is 14.1. The van der Waals surface area contributed by atoms with Crippen LogP contribution in [0.2, 0.25) is 0 Å². The molecule has 5 rings (SSSR count). The van der Waals surface area contributed by atoms with Gasteiger partial charge in [0, 0.05) is 11.7 Å². The fraction of sp³-hybridized carbons (Fsp3) is 0.294. The van der Waals surface area contributed by atoms with Crippen LogP contribution in [0.5, 0.6) is 5.75 Å². The van der Waals surface area contributed by atoms with Gasteiger partial charge in [-0.2, -0.15) is 13.2 Å². The minimum absolute atomic E-state index is 0.0498. The van der Waals surface area contributed by atoms with E-state index in [1.54, 1.807) is 6.07 Å². The average Bonchev–Trinajstić information content (AvgIpc) is 2.99. The van der Waals surface area contributed by atoms with Gasteiger partial charge in [-0.3, -0.25) is 0 Å². The van der Waals surface area contributed by atoms with Gasteiger partial charge in [-0.1, -0.05) is 42.5 Å². The smallest absolute Gasteiger partial charge is 0.416 e. The molecule has 3 aromatic carbocycles. The SMILES string of the molecule is O=C(O)c1ccc2c(n1)CCCC2NCCc1cc(F)ccc1OCc1ccc(CCc2ccc(C(F)(F)F)cc2)cc1. The Morgan fingerprint density at radius 3 is 2.26 bits per heavy atom. The molecular formula is C34H32F4N2O3. The summed E-state index contributed by atoms with van der Waals surface area (Å²) in [6.07, 6.45) is 0.103. The highest BCUT2D eigenvalue weighted by molar-refractivity contribution is 5.85. The van der Waals surface area contributed by atoms with Crippen LogP contribution in [0.4, 0.5) is 17.6 Å². The number of nitrogens with one attached hydrogen (secondary N) is 1. The minimum atomic E-state index is -4.33. The molecule has 1 aliphatic carbocycles. The minimum Gasteiger partial charge on any atom is -0.489 e. The first-order valence-corrected chi connectivity index (χ1v) is 14.3. The van der Waals surface area contributed by atoms with E-state index in [2.05, 4.69) is 10.3 Å². The van der Waals surface area contributed by atoms with Crippen molar-refractivity contribution < 1.29 is 32.2 Å². The van der Waals surface area contributed by atoms with Gasteiger partial charge in [0.15, 0.2) is 0 Å². The summed E-state index contributed by atoms with van der Waals surface area (Å²) in [6, 6.07) is 21.0. The number of rotatable bonds is 11.